The van der Waals surface area contributed by atoms with Crippen molar-refractivity contribution in [2.45, 2.75) is 0 Å². The normalized spacial score (nSPS) is 9.71. The Morgan fingerprint density at radius 3 is 1.26 bits per heavy atom. The smallest absolute Gasteiger partial charge is 0.168 e. The third kappa shape index (κ3) is 13.6. The van der Waals surface area contributed by atoms with Crippen molar-refractivity contribution < 1.29 is 35.8 Å². The molecule has 0 spiro atoms. The molecule has 0 aromatic heterocycles. The maximum absolute atomic E-state index is 9.45. The molecule has 4 nitrogen and oxygen atoms in total. The first-order valence-corrected chi connectivity index (χ1v) is 15.6. The van der Waals surface area contributed by atoms with Crippen molar-refractivity contribution in [1.29, 1.82) is 0 Å². The number of allylic oxidation sites excluding steroid dienone is 2. The van der Waals surface area contributed by atoms with Gasteiger partial charge in [0, 0.05) is 0 Å². The Hall–Kier alpha value is -3.96. The molecule has 42 heavy (non-hydrogen) atoms. The molecule has 2 amide bonds. The quantitative estimate of drug-likeness (QED) is 0.0600. The summed E-state index contributed by atoms with van der Waals surface area (Å²) < 4.78 is 4.76. The number of carbonyl (C=O) groups is 2. The zero-order valence-corrected chi connectivity index (χ0v) is 28.1. The Labute approximate surface area is 275 Å². The topological polar surface area (TPSA) is 58.2 Å². The molecular weight excluding hydrogens is 653 g/mol. The van der Waals surface area contributed by atoms with Crippen LogP contribution in [-0.4, -0.2) is 30.7 Å². The maximum atomic E-state index is 9.45. The standard InChI is InChI=1S/C16H14.2C9H7.2CH3NO.Ga.Zr/c1-3-9-15(10-4-1)13-7-8-14-16-11-5-2-6-12-16;2*1-2-5-9-7-3-6-8(9)4-1;2*2-1-3;;/h1-14H;2*1-7H;2*1H,(H2,2,3);;/q;2*-1;;;2*+2/p-2. The first-order chi connectivity index (χ1) is 20.3. The Morgan fingerprint density at radius 2 is 0.881 bits per heavy atom. The molecule has 1 radical (unpaired) electrons. The van der Waals surface area contributed by atoms with Gasteiger partial charge < -0.3 is 0 Å². The van der Waals surface area contributed by atoms with Crippen LogP contribution in [0.4, 0.5) is 0 Å². The largest absolute Gasteiger partial charge is 2.00 e. The van der Waals surface area contributed by atoms with E-state index < -0.39 is 17.9 Å². The molecule has 6 aromatic carbocycles. The molecule has 0 saturated carbocycles. The molecule has 2 N–H and O–H groups in total. The number of hydrogen-bond donors (Lipinski definition) is 2. The minimum Gasteiger partial charge on any atom is -0.168 e. The summed E-state index contributed by atoms with van der Waals surface area (Å²) in [5.74, 6) is 0. The molecule has 205 valence electrons. The summed E-state index contributed by atoms with van der Waals surface area (Å²) in [6, 6.07) is 49.9. The minimum atomic E-state index is -0.953. The molecule has 6 heteroatoms. The van der Waals surface area contributed by atoms with E-state index in [9.17, 15) is 9.59 Å². The first-order valence-electron chi connectivity index (χ1n) is 13.2. The van der Waals surface area contributed by atoms with Gasteiger partial charge in [-0.2, -0.15) is 35.0 Å². The molecule has 0 unspecified atom stereocenters. The Kier molecular flexibility index (Phi) is 17.7. The fourth-order valence-electron chi connectivity index (χ4n) is 3.72. The van der Waals surface area contributed by atoms with Gasteiger partial charge >= 0.3 is 74.6 Å². The molecule has 0 aliphatic carbocycles. The van der Waals surface area contributed by atoms with E-state index in [1.165, 1.54) is 32.7 Å². The molecule has 0 saturated heterocycles. The molecular formula is C36H32GaN2O2Zr. The number of hydrogen-bond acceptors (Lipinski definition) is 2. The van der Waals surface area contributed by atoms with E-state index in [0.29, 0.717) is 12.8 Å². The second-order valence-corrected chi connectivity index (χ2v) is 10.6. The van der Waals surface area contributed by atoms with Crippen LogP contribution in [0.1, 0.15) is 11.1 Å². The van der Waals surface area contributed by atoms with Crippen LogP contribution in [0.2, 0.25) is 0 Å². The summed E-state index contributed by atoms with van der Waals surface area (Å²) in [7, 11) is 0. The van der Waals surface area contributed by atoms with Gasteiger partial charge in [0.2, 0.25) is 0 Å². The number of amides is 2. The van der Waals surface area contributed by atoms with E-state index in [1.54, 1.807) is 0 Å². The van der Waals surface area contributed by atoms with E-state index in [-0.39, 0.29) is 26.2 Å². The Balaban J connectivity index is 0.000000205. The van der Waals surface area contributed by atoms with Crippen molar-refractivity contribution in [1.82, 2.24) is 8.05 Å². The molecule has 6 rings (SSSR count). The van der Waals surface area contributed by atoms with Gasteiger partial charge in [-0.25, -0.2) is 0 Å². The molecule has 6 aromatic rings. The van der Waals surface area contributed by atoms with Crippen LogP contribution in [0.15, 0.2) is 158 Å². The number of fused-ring (bicyclic) bond motifs is 2. The summed E-state index contributed by atoms with van der Waals surface area (Å²) >= 11 is -0.953. The molecule has 0 bridgehead atoms. The monoisotopic (exact) mass is 683 g/mol. The van der Waals surface area contributed by atoms with Crippen molar-refractivity contribution in [3.8, 4) is 0 Å². The summed E-state index contributed by atoms with van der Waals surface area (Å²) in [6.07, 6.45) is 9.47. The van der Waals surface area contributed by atoms with Gasteiger partial charge in [-0.15, -0.1) is 59.3 Å². The van der Waals surface area contributed by atoms with Crippen LogP contribution in [-0.2, 0) is 35.8 Å². The molecule has 0 aliphatic rings. The van der Waals surface area contributed by atoms with Crippen LogP contribution in [0.5, 0.6) is 0 Å². The van der Waals surface area contributed by atoms with Gasteiger partial charge in [0.25, 0.3) is 0 Å². The number of benzene rings is 4. The van der Waals surface area contributed by atoms with Crippen molar-refractivity contribution in [3.63, 3.8) is 0 Å². The van der Waals surface area contributed by atoms with Crippen LogP contribution in [0, 0.1) is 0 Å². The van der Waals surface area contributed by atoms with E-state index >= 15 is 0 Å². The van der Waals surface area contributed by atoms with E-state index in [1.807, 2.05) is 36.4 Å². The maximum Gasteiger partial charge on any atom is 2.00 e. The Bertz CT molecular complexity index is 1430. The van der Waals surface area contributed by atoms with Gasteiger partial charge in [0.1, 0.15) is 0 Å². The zero-order valence-electron chi connectivity index (χ0n) is 23.2. The number of carbonyl (C=O) groups excluding carboxylic acids is 2. The predicted molar refractivity (Wildman–Crippen MR) is 174 cm³/mol. The van der Waals surface area contributed by atoms with E-state index in [0.717, 1.165) is 0 Å². The second-order valence-electron chi connectivity index (χ2n) is 8.56. The molecule has 0 fully saturated rings. The summed E-state index contributed by atoms with van der Waals surface area (Å²) in [4.78, 5) is 18.9. The van der Waals surface area contributed by atoms with Crippen LogP contribution in [0.25, 0.3) is 33.7 Å². The van der Waals surface area contributed by atoms with Crippen molar-refractivity contribution >= 4 is 64.4 Å². The van der Waals surface area contributed by atoms with Gasteiger partial charge in [-0.3, -0.25) is 0 Å². The first kappa shape index (κ1) is 34.2. The van der Waals surface area contributed by atoms with Gasteiger partial charge in [0.05, 0.1) is 0 Å². The minimum absolute atomic E-state index is 0. The second kappa shape index (κ2) is 21.7. The average molecular weight is 686 g/mol. The number of nitrogens with one attached hydrogen (secondary N) is 2. The summed E-state index contributed by atoms with van der Waals surface area (Å²) in [5, 5.41) is 5.32. The van der Waals surface area contributed by atoms with Crippen LogP contribution >= 0.6 is 0 Å². The van der Waals surface area contributed by atoms with E-state index in [4.69, 9.17) is 0 Å². The zero-order chi connectivity index (χ0) is 28.8. The van der Waals surface area contributed by atoms with Crippen LogP contribution < -0.4 is 8.05 Å². The third-order valence-corrected chi connectivity index (χ3v) is 6.96. The van der Waals surface area contributed by atoms with E-state index in [2.05, 4.69) is 142 Å². The number of rotatable bonds is 7. The summed E-state index contributed by atoms with van der Waals surface area (Å²) in [5.41, 5.74) is 2.44. The Morgan fingerprint density at radius 1 is 0.500 bits per heavy atom. The van der Waals surface area contributed by atoms with Gasteiger partial charge in [-0.05, 0) is 11.1 Å². The average Bonchev–Trinajstić information content (AvgIpc) is 3.72. The predicted octanol–water partition coefficient (Wildman–Crippen LogP) is 7.54. The van der Waals surface area contributed by atoms with Crippen LogP contribution in [0.3, 0.4) is 0 Å². The van der Waals surface area contributed by atoms with Crippen molar-refractivity contribution in [2.24, 2.45) is 0 Å². The molecule has 0 aliphatic heterocycles. The molecule has 0 atom stereocenters. The van der Waals surface area contributed by atoms with Gasteiger partial charge in [0.15, 0.2) is 0 Å². The molecule has 0 heterocycles. The fourth-order valence-corrected chi connectivity index (χ4v) is 4.21. The fraction of sp³-hybridized carbons (Fsp3) is 0. The SMILES string of the molecule is C(C=Cc1ccccc1)=Cc1ccccc1.O=C[NH][Ga][NH]C=O.[Zr+2].c1ccc2[cH-]ccc2c1.c1ccc2[cH-]ccc2c1. The third-order valence-electron chi connectivity index (χ3n) is 5.69. The van der Waals surface area contributed by atoms with Crippen molar-refractivity contribution in [3.05, 3.63) is 169 Å². The van der Waals surface area contributed by atoms with Gasteiger partial charge in [-0.1, -0.05) is 97.1 Å². The van der Waals surface area contributed by atoms with Crippen molar-refractivity contribution in [2.75, 3.05) is 0 Å². The summed E-state index contributed by atoms with van der Waals surface area (Å²) in [6.45, 7) is 0.